The maximum Gasteiger partial charge on any atom is 0.678 e. The topological polar surface area (TPSA) is 88.5 Å². The van der Waals surface area contributed by atoms with Gasteiger partial charge in [0.05, 0.1) is 22.8 Å². The van der Waals surface area contributed by atoms with Crippen molar-refractivity contribution in [1.29, 1.82) is 0 Å². The quantitative estimate of drug-likeness (QED) is 0.194. The molecular formula is C30H31BF2N4O3. The molecule has 0 radical (unpaired) electrons. The van der Waals surface area contributed by atoms with Gasteiger partial charge in [0.15, 0.2) is 6.61 Å². The number of hydrogen-bond donors (Lipinski definition) is 2. The lowest BCUT2D eigenvalue weighted by Crippen LogP contribution is -2.29. The summed E-state index contributed by atoms with van der Waals surface area (Å²) >= 11 is 0. The van der Waals surface area contributed by atoms with Gasteiger partial charge in [0.2, 0.25) is 0 Å². The van der Waals surface area contributed by atoms with Crippen LogP contribution in [0.3, 0.4) is 0 Å². The summed E-state index contributed by atoms with van der Waals surface area (Å²) in [5, 5.41) is 2.81. The molecule has 1 amide bonds. The van der Waals surface area contributed by atoms with E-state index in [4.69, 9.17) is 4.74 Å². The molecule has 3 aromatic rings. The summed E-state index contributed by atoms with van der Waals surface area (Å²) < 4.78 is 34.2. The summed E-state index contributed by atoms with van der Waals surface area (Å²) in [6.07, 6.45) is 13.8. The molecule has 3 heterocycles. The standard InChI is InChI=1S/C30H31BF2N4O3/c1-22(38)6-3-2-4-18-35-30(39)21-40-27-15-9-23(10-16-27)8-11-24-12-13-25(36-24)20-26-14-17-29(37(26)31(32)33)28-7-5-19-34-28/h5,7-17,19-20,34H,2-4,6,18,21H2,1H3,(H,35,39)/b11-8+,25-20-. The lowest BCUT2D eigenvalue weighted by molar-refractivity contribution is -0.123. The summed E-state index contributed by atoms with van der Waals surface area (Å²) in [7, 11) is -2.69. The first-order valence-corrected chi connectivity index (χ1v) is 13.2. The lowest BCUT2D eigenvalue weighted by atomic mass is 10.1. The summed E-state index contributed by atoms with van der Waals surface area (Å²) in [5.74, 6) is 0.581. The number of ketones is 1. The van der Waals surface area contributed by atoms with E-state index in [1.807, 2.05) is 30.4 Å². The van der Waals surface area contributed by atoms with Gasteiger partial charge in [-0.25, -0.2) is 4.99 Å². The van der Waals surface area contributed by atoms with Crippen LogP contribution in [0.2, 0.25) is 0 Å². The second-order valence-corrected chi connectivity index (χ2v) is 9.37. The minimum absolute atomic E-state index is 0.0687. The molecule has 2 N–H and O–H groups in total. The van der Waals surface area contributed by atoms with Crippen LogP contribution in [0.15, 0.2) is 83.6 Å². The third kappa shape index (κ3) is 8.27. The molecule has 1 aromatic carbocycles. The average Bonchev–Trinajstić information content (AvgIpc) is 3.70. The van der Waals surface area contributed by atoms with Gasteiger partial charge in [0.1, 0.15) is 11.5 Å². The number of aromatic nitrogens is 2. The van der Waals surface area contributed by atoms with E-state index in [-0.39, 0.29) is 18.3 Å². The number of halogens is 2. The largest absolute Gasteiger partial charge is 0.678 e. The molecule has 4 rings (SSSR count). The first kappa shape index (κ1) is 28.5. The van der Waals surface area contributed by atoms with Gasteiger partial charge in [-0.2, -0.15) is 0 Å². The summed E-state index contributed by atoms with van der Waals surface area (Å²) in [5.41, 5.74) is 3.58. The molecule has 0 spiro atoms. The van der Waals surface area contributed by atoms with Crippen LogP contribution in [-0.4, -0.2) is 47.4 Å². The van der Waals surface area contributed by atoms with Gasteiger partial charge in [-0.3, -0.25) is 13.4 Å². The Morgan fingerprint density at radius 3 is 2.60 bits per heavy atom. The van der Waals surface area contributed by atoms with Crippen molar-refractivity contribution < 1.29 is 23.0 Å². The van der Waals surface area contributed by atoms with E-state index in [0.717, 1.165) is 29.3 Å². The predicted octanol–water partition coefficient (Wildman–Crippen LogP) is 5.96. The van der Waals surface area contributed by atoms with E-state index < -0.39 is 7.40 Å². The molecule has 0 saturated carbocycles. The first-order chi connectivity index (χ1) is 19.4. The van der Waals surface area contributed by atoms with Crippen molar-refractivity contribution in [1.82, 2.24) is 14.8 Å². The number of nitrogens with one attached hydrogen (secondary N) is 2. The molecule has 0 unspecified atom stereocenters. The van der Waals surface area contributed by atoms with E-state index in [9.17, 15) is 18.2 Å². The Balaban J connectivity index is 1.26. The number of nitrogens with zero attached hydrogens (tertiary/aromatic N) is 2. The predicted molar refractivity (Wildman–Crippen MR) is 155 cm³/mol. The maximum absolute atomic E-state index is 13.8. The van der Waals surface area contributed by atoms with Crippen LogP contribution < -0.4 is 10.1 Å². The van der Waals surface area contributed by atoms with Crippen LogP contribution in [0, 0.1) is 0 Å². The second-order valence-electron chi connectivity index (χ2n) is 9.37. The monoisotopic (exact) mass is 544 g/mol. The Kier molecular flexibility index (Phi) is 10.0. The Hall–Kier alpha value is -4.47. The fraction of sp³-hybridized carbons (Fsp3) is 0.233. The number of amides is 1. The van der Waals surface area contributed by atoms with Gasteiger partial charge < -0.3 is 24.3 Å². The number of ether oxygens (including phenoxy) is 1. The maximum atomic E-state index is 13.8. The molecule has 0 atom stereocenters. The normalized spacial score (nSPS) is 13.7. The number of rotatable bonds is 14. The third-order valence-electron chi connectivity index (χ3n) is 6.22. The Morgan fingerprint density at radius 2 is 1.88 bits per heavy atom. The summed E-state index contributed by atoms with van der Waals surface area (Å²) in [6.45, 7) is 2.08. The van der Waals surface area contributed by atoms with E-state index >= 15 is 0 Å². The van der Waals surface area contributed by atoms with E-state index in [0.29, 0.717) is 47.2 Å². The number of allylic oxidation sites excluding steroid dienone is 3. The number of hydrogen-bond acceptors (Lipinski definition) is 4. The molecule has 0 aliphatic carbocycles. The molecule has 206 valence electrons. The van der Waals surface area contributed by atoms with Crippen LogP contribution in [0.25, 0.3) is 23.5 Å². The molecule has 1 aliphatic heterocycles. The van der Waals surface area contributed by atoms with Crippen molar-refractivity contribution in [2.45, 2.75) is 32.6 Å². The molecule has 7 nitrogen and oxygen atoms in total. The van der Waals surface area contributed by atoms with Crippen LogP contribution >= 0.6 is 0 Å². The fourth-order valence-corrected chi connectivity index (χ4v) is 4.19. The highest BCUT2D eigenvalue weighted by atomic mass is 19.2. The smallest absolute Gasteiger partial charge is 0.484 e. The van der Waals surface area contributed by atoms with Crippen LogP contribution in [-0.2, 0) is 9.59 Å². The molecule has 0 saturated heterocycles. The molecular weight excluding hydrogens is 513 g/mol. The fourth-order valence-electron chi connectivity index (χ4n) is 4.19. The highest BCUT2D eigenvalue weighted by Crippen LogP contribution is 2.25. The van der Waals surface area contributed by atoms with Crippen LogP contribution in [0.1, 0.15) is 43.9 Å². The minimum atomic E-state index is -2.69. The number of carbonyl (C=O) groups is 2. The van der Waals surface area contributed by atoms with Gasteiger partial charge in [-0.15, -0.1) is 0 Å². The highest BCUT2D eigenvalue weighted by molar-refractivity contribution is 6.42. The zero-order valence-corrected chi connectivity index (χ0v) is 22.3. The van der Waals surface area contributed by atoms with E-state index in [2.05, 4.69) is 15.3 Å². The summed E-state index contributed by atoms with van der Waals surface area (Å²) in [4.78, 5) is 30.4. The van der Waals surface area contributed by atoms with Crippen molar-refractivity contribution in [3.05, 3.63) is 89.9 Å². The third-order valence-corrected chi connectivity index (χ3v) is 6.22. The SMILES string of the molecule is CC(=O)CCCCCNC(=O)COc1ccc(/C=C/C2=NC(=C\c3ccc(-c4ccc[nH]4)n3B(F)F)/C=C2)cc1. The Labute approximate surface area is 232 Å². The van der Waals surface area contributed by atoms with Gasteiger partial charge in [0, 0.05) is 24.9 Å². The molecule has 0 fully saturated rings. The number of unbranched alkanes of at least 4 members (excludes halogenated alkanes) is 2. The van der Waals surface area contributed by atoms with Crippen LogP contribution in [0.4, 0.5) is 8.63 Å². The summed E-state index contributed by atoms with van der Waals surface area (Å²) in [6, 6.07) is 14.1. The number of benzene rings is 1. The van der Waals surface area contributed by atoms with E-state index in [1.54, 1.807) is 61.7 Å². The van der Waals surface area contributed by atoms with Gasteiger partial charge in [-0.05, 0) is 86.0 Å². The van der Waals surface area contributed by atoms with Gasteiger partial charge in [0.25, 0.3) is 5.91 Å². The van der Waals surface area contributed by atoms with Crippen molar-refractivity contribution in [3.8, 4) is 17.1 Å². The number of Topliss-reactive ketones (excluding diaryl/α,β-unsaturated/α-hetero) is 1. The Bertz CT molecular complexity index is 1420. The second kappa shape index (κ2) is 14.1. The zero-order chi connectivity index (χ0) is 28.3. The molecule has 1 aliphatic rings. The van der Waals surface area contributed by atoms with Crippen molar-refractivity contribution >= 4 is 37.0 Å². The number of aliphatic imine (C=N–C) groups is 1. The lowest BCUT2D eigenvalue weighted by Gasteiger charge is -2.07. The molecule has 40 heavy (non-hydrogen) atoms. The van der Waals surface area contributed by atoms with Crippen molar-refractivity contribution in [2.24, 2.45) is 4.99 Å². The number of aromatic amines is 1. The van der Waals surface area contributed by atoms with Crippen molar-refractivity contribution in [2.75, 3.05) is 13.2 Å². The van der Waals surface area contributed by atoms with Crippen molar-refractivity contribution in [3.63, 3.8) is 0 Å². The molecule has 0 bridgehead atoms. The zero-order valence-electron chi connectivity index (χ0n) is 22.3. The number of H-pyrrole nitrogens is 1. The Morgan fingerprint density at radius 1 is 1.05 bits per heavy atom. The van der Waals surface area contributed by atoms with Crippen LogP contribution in [0.5, 0.6) is 5.75 Å². The van der Waals surface area contributed by atoms with Gasteiger partial charge in [-0.1, -0.05) is 24.6 Å². The van der Waals surface area contributed by atoms with Gasteiger partial charge >= 0.3 is 7.40 Å². The number of carbonyl (C=O) groups excluding carboxylic acids is 2. The highest BCUT2D eigenvalue weighted by Gasteiger charge is 2.24. The molecule has 10 heteroatoms. The van der Waals surface area contributed by atoms with E-state index in [1.165, 1.54) is 0 Å². The average molecular weight is 544 g/mol. The minimum Gasteiger partial charge on any atom is -0.484 e. The molecule has 2 aromatic heterocycles. The first-order valence-electron chi connectivity index (χ1n) is 13.2.